The molecule has 0 spiro atoms. The number of rotatable bonds is 5. The molecule has 0 radical (unpaired) electrons. The highest BCUT2D eigenvalue weighted by atomic mass is 32.1. The van der Waals surface area contributed by atoms with Gasteiger partial charge >= 0.3 is 19.2 Å². The first kappa shape index (κ1) is 22.6. The van der Waals surface area contributed by atoms with Crippen LogP contribution in [0.3, 0.4) is 0 Å². The summed E-state index contributed by atoms with van der Waals surface area (Å²) in [5, 5.41) is 5.03. The predicted molar refractivity (Wildman–Crippen MR) is 107 cm³/mol. The van der Waals surface area contributed by atoms with Gasteiger partial charge in [0, 0.05) is 11.8 Å². The third-order valence-electron chi connectivity index (χ3n) is 4.62. The minimum Gasteiger partial charge on any atom is -0.467 e. The van der Waals surface area contributed by atoms with E-state index >= 15 is 0 Å². The van der Waals surface area contributed by atoms with Gasteiger partial charge in [0.15, 0.2) is 0 Å². The topological polar surface area (TPSA) is 96.0 Å². The molecule has 1 fully saturated rings. The molecule has 1 aliphatic rings. The second kappa shape index (κ2) is 8.00. The van der Waals surface area contributed by atoms with Crippen LogP contribution in [-0.2, 0) is 30.0 Å². The number of carbonyl (C=O) groups excluding carboxylic acids is 2. The van der Waals surface area contributed by atoms with Gasteiger partial charge in [-0.1, -0.05) is 0 Å². The van der Waals surface area contributed by atoms with Crippen LogP contribution in [0.1, 0.15) is 53.5 Å². The third kappa shape index (κ3) is 5.45. The van der Waals surface area contributed by atoms with Crippen molar-refractivity contribution in [2.45, 2.75) is 77.7 Å². The first-order valence-corrected chi connectivity index (χ1v) is 9.99. The summed E-state index contributed by atoms with van der Waals surface area (Å²) in [6, 6.07) is -0.905. The molecule has 10 heteroatoms. The molecule has 1 saturated heterocycles. The van der Waals surface area contributed by atoms with E-state index in [0.717, 1.165) is 0 Å². The molecule has 1 amide bonds. The Hall–Kier alpha value is -1.65. The van der Waals surface area contributed by atoms with Crippen LogP contribution >= 0.6 is 11.3 Å². The molecule has 2 rings (SSSR count). The fourth-order valence-corrected chi connectivity index (χ4v) is 3.29. The number of alkyl carbamates (subject to hydrolysis) is 1. The van der Waals surface area contributed by atoms with Crippen LogP contribution in [0.2, 0.25) is 0 Å². The van der Waals surface area contributed by atoms with Crippen molar-refractivity contribution in [3.63, 3.8) is 0 Å². The summed E-state index contributed by atoms with van der Waals surface area (Å²) in [4.78, 5) is 28.7. The zero-order valence-electron chi connectivity index (χ0n) is 17.7. The number of amides is 1. The van der Waals surface area contributed by atoms with E-state index in [2.05, 4.69) is 10.3 Å². The number of hydrogen-bond donors (Lipinski definition) is 1. The summed E-state index contributed by atoms with van der Waals surface area (Å²) in [5.74, 6) is -0.571. The van der Waals surface area contributed by atoms with E-state index in [1.54, 1.807) is 20.8 Å². The van der Waals surface area contributed by atoms with Gasteiger partial charge in [0.2, 0.25) is 0 Å². The lowest BCUT2D eigenvalue weighted by atomic mass is 9.86. The van der Waals surface area contributed by atoms with Crippen molar-refractivity contribution in [3.05, 3.63) is 10.4 Å². The molecule has 8 nitrogen and oxygen atoms in total. The molecule has 1 aromatic rings. The molecule has 1 aromatic heterocycles. The fourth-order valence-electron chi connectivity index (χ4n) is 2.45. The van der Waals surface area contributed by atoms with Crippen molar-refractivity contribution in [2.24, 2.45) is 0 Å². The summed E-state index contributed by atoms with van der Waals surface area (Å²) >= 11 is 1.36. The first-order valence-electron chi connectivity index (χ1n) is 9.11. The third-order valence-corrected chi connectivity index (χ3v) is 5.51. The van der Waals surface area contributed by atoms with Crippen LogP contribution in [0.5, 0.6) is 0 Å². The lowest BCUT2D eigenvalue weighted by molar-refractivity contribution is -0.143. The number of thiazole rings is 1. The van der Waals surface area contributed by atoms with Crippen LogP contribution in [0.4, 0.5) is 4.79 Å². The smallest absolute Gasteiger partial charge is 0.467 e. The summed E-state index contributed by atoms with van der Waals surface area (Å²) in [6.07, 6.45) is -0.513. The molecule has 1 N–H and O–H groups in total. The molecule has 156 valence electrons. The Morgan fingerprint density at radius 3 is 2.32 bits per heavy atom. The summed E-state index contributed by atoms with van der Waals surface area (Å²) < 4.78 is 22.0. The van der Waals surface area contributed by atoms with Crippen molar-refractivity contribution in [3.8, 4) is 0 Å². The predicted octanol–water partition coefficient (Wildman–Crippen LogP) is 2.05. The molecule has 0 bridgehead atoms. The Balaban J connectivity index is 2.08. The van der Waals surface area contributed by atoms with E-state index in [0.29, 0.717) is 10.6 Å². The molecule has 0 aliphatic carbocycles. The molecule has 0 unspecified atom stereocenters. The van der Waals surface area contributed by atoms with E-state index in [-0.39, 0.29) is 6.42 Å². The van der Waals surface area contributed by atoms with Crippen LogP contribution in [-0.4, -0.2) is 54.1 Å². The van der Waals surface area contributed by atoms with Gasteiger partial charge in [0.25, 0.3) is 0 Å². The summed E-state index contributed by atoms with van der Waals surface area (Å²) in [7, 11) is 0.689. The molecule has 2 heterocycles. The average Bonchev–Trinajstić information content (AvgIpc) is 3.06. The van der Waals surface area contributed by atoms with Gasteiger partial charge in [-0.15, -0.1) is 11.3 Å². The van der Waals surface area contributed by atoms with Gasteiger partial charge in [-0.05, 0) is 48.5 Å². The quantitative estimate of drug-likeness (QED) is 0.584. The van der Waals surface area contributed by atoms with Crippen LogP contribution in [0.25, 0.3) is 0 Å². The average molecular weight is 412 g/mol. The van der Waals surface area contributed by atoms with E-state index in [1.165, 1.54) is 18.4 Å². The van der Waals surface area contributed by atoms with Crippen LogP contribution in [0, 0.1) is 0 Å². The normalized spacial score (nSPS) is 19.2. The Kier molecular flexibility index (Phi) is 6.47. The number of carbonyl (C=O) groups is 2. The molecule has 0 aromatic carbocycles. The Morgan fingerprint density at radius 1 is 1.25 bits per heavy atom. The standard InChI is InChI=1S/C18H29BN2O6S/c1-16(2,3)25-15(23)20-11(14(22)24-8)9-13-21-12(10-28-13)19-26-17(4,5)18(6,7)27-19/h10-11H,9H2,1-8H3,(H,20,23)/t11-/m0/s1. The molecule has 1 atom stereocenters. The van der Waals surface area contributed by atoms with E-state index in [1.807, 2.05) is 33.1 Å². The maximum Gasteiger partial charge on any atom is 0.515 e. The van der Waals surface area contributed by atoms with Crippen LogP contribution in [0.15, 0.2) is 5.38 Å². The van der Waals surface area contributed by atoms with Crippen molar-refractivity contribution >= 4 is 36.1 Å². The van der Waals surface area contributed by atoms with Crippen molar-refractivity contribution in [2.75, 3.05) is 7.11 Å². The number of aromatic nitrogens is 1. The van der Waals surface area contributed by atoms with Gasteiger partial charge in [0.05, 0.1) is 28.9 Å². The van der Waals surface area contributed by atoms with Crippen molar-refractivity contribution in [1.82, 2.24) is 10.3 Å². The zero-order valence-corrected chi connectivity index (χ0v) is 18.6. The molecule has 1 aliphatic heterocycles. The highest BCUT2D eigenvalue weighted by Crippen LogP contribution is 2.36. The highest BCUT2D eigenvalue weighted by molar-refractivity contribution is 7.10. The second-order valence-electron chi connectivity index (χ2n) is 8.68. The Morgan fingerprint density at radius 2 is 1.82 bits per heavy atom. The van der Waals surface area contributed by atoms with Crippen LogP contribution < -0.4 is 10.9 Å². The maximum atomic E-state index is 12.1. The molecular weight excluding hydrogens is 383 g/mol. The van der Waals surface area contributed by atoms with Crippen molar-refractivity contribution in [1.29, 1.82) is 0 Å². The zero-order chi connectivity index (χ0) is 21.3. The highest BCUT2D eigenvalue weighted by Gasteiger charge is 2.52. The summed E-state index contributed by atoms with van der Waals surface area (Å²) in [6.45, 7) is 13.1. The molecule has 0 saturated carbocycles. The van der Waals surface area contributed by atoms with E-state index in [4.69, 9.17) is 18.8 Å². The fraction of sp³-hybridized carbons (Fsp3) is 0.722. The Bertz CT molecular complexity index is 712. The number of nitrogens with one attached hydrogen (secondary N) is 1. The Labute approximate surface area is 170 Å². The molecular formula is C18H29BN2O6S. The monoisotopic (exact) mass is 412 g/mol. The van der Waals surface area contributed by atoms with Gasteiger partial charge < -0.3 is 24.1 Å². The van der Waals surface area contributed by atoms with Crippen molar-refractivity contribution < 1.29 is 28.4 Å². The number of ether oxygens (including phenoxy) is 2. The van der Waals surface area contributed by atoms with Gasteiger partial charge in [-0.2, -0.15) is 0 Å². The second-order valence-corrected chi connectivity index (χ2v) is 9.62. The SMILES string of the molecule is COC(=O)[C@H](Cc1nc(B2OC(C)(C)C(C)(C)O2)cs1)NC(=O)OC(C)(C)C. The number of esters is 1. The first-order chi connectivity index (χ1) is 12.7. The number of methoxy groups -OCH3 is 1. The van der Waals surface area contributed by atoms with Gasteiger partial charge in [0.1, 0.15) is 11.6 Å². The largest absolute Gasteiger partial charge is 0.515 e. The van der Waals surface area contributed by atoms with Gasteiger partial charge in [-0.3, -0.25) is 4.98 Å². The number of hydrogen-bond acceptors (Lipinski definition) is 8. The van der Waals surface area contributed by atoms with E-state index < -0.39 is 42.0 Å². The minimum atomic E-state index is -0.905. The molecule has 28 heavy (non-hydrogen) atoms. The van der Waals surface area contributed by atoms with Gasteiger partial charge in [-0.25, -0.2) is 9.59 Å². The van der Waals surface area contributed by atoms with E-state index in [9.17, 15) is 9.59 Å². The minimum absolute atomic E-state index is 0.177. The lowest BCUT2D eigenvalue weighted by Gasteiger charge is -2.32. The number of nitrogens with zero attached hydrogens (tertiary/aromatic N) is 1. The maximum absolute atomic E-state index is 12.1. The summed E-state index contributed by atoms with van der Waals surface area (Å²) in [5.41, 5.74) is -0.960. The lowest BCUT2D eigenvalue weighted by Crippen LogP contribution is -2.45.